The van der Waals surface area contributed by atoms with Crippen LogP contribution in [0.4, 0.5) is 5.82 Å². The standard InChI is InChI=1S/C20H23ClN6O/c1-13-11-23-18-17(13)19(25-12-24-18)26-6-8-27(9-7-26)20(28)16(10-22)14-2-4-15(21)5-3-14/h2-5,11-12,16H,6-10,22H2,1H3,(H,23,24,25). The second-order valence-electron chi connectivity index (χ2n) is 7.04. The molecule has 2 aromatic heterocycles. The summed E-state index contributed by atoms with van der Waals surface area (Å²) < 4.78 is 0. The fourth-order valence-corrected chi connectivity index (χ4v) is 3.90. The molecule has 0 spiro atoms. The molecule has 0 aliphatic carbocycles. The Kier molecular flexibility index (Phi) is 5.19. The number of piperazine rings is 1. The van der Waals surface area contributed by atoms with Gasteiger partial charge in [0.15, 0.2) is 0 Å². The summed E-state index contributed by atoms with van der Waals surface area (Å²) >= 11 is 5.96. The van der Waals surface area contributed by atoms with E-state index >= 15 is 0 Å². The molecule has 146 valence electrons. The van der Waals surface area contributed by atoms with E-state index in [1.165, 1.54) is 0 Å². The normalized spacial score (nSPS) is 15.8. The molecule has 1 aliphatic heterocycles. The molecule has 1 saturated heterocycles. The number of hydrogen-bond donors (Lipinski definition) is 2. The van der Waals surface area contributed by atoms with Gasteiger partial charge < -0.3 is 20.5 Å². The van der Waals surface area contributed by atoms with Crippen molar-refractivity contribution in [1.29, 1.82) is 0 Å². The number of benzene rings is 1. The van der Waals surface area contributed by atoms with Crippen LogP contribution in [-0.4, -0.2) is 58.5 Å². The van der Waals surface area contributed by atoms with Crippen LogP contribution in [0.2, 0.25) is 5.02 Å². The quantitative estimate of drug-likeness (QED) is 0.703. The first-order chi connectivity index (χ1) is 13.6. The first-order valence-corrected chi connectivity index (χ1v) is 9.74. The van der Waals surface area contributed by atoms with Gasteiger partial charge in [0.1, 0.15) is 17.8 Å². The van der Waals surface area contributed by atoms with Gasteiger partial charge in [0, 0.05) is 43.9 Å². The third-order valence-corrected chi connectivity index (χ3v) is 5.60. The minimum atomic E-state index is -0.346. The smallest absolute Gasteiger partial charge is 0.231 e. The van der Waals surface area contributed by atoms with Crippen molar-refractivity contribution in [1.82, 2.24) is 19.9 Å². The van der Waals surface area contributed by atoms with Gasteiger partial charge in [-0.3, -0.25) is 4.79 Å². The number of H-pyrrole nitrogens is 1. The summed E-state index contributed by atoms with van der Waals surface area (Å²) in [4.78, 5) is 29.1. The Morgan fingerprint density at radius 2 is 1.93 bits per heavy atom. The Morgan fingerprint density at radius 1 is 1.21 bits per heavy atom. The zero-order valence-electron chi connectivity index (χ0n) is 15.7. The lowest BCUT2D eigenvalue weighted by Crippen LogP contribution is -2.51. The highest BCUT2D eigenvalue weighted by molar-refractivity contribution is 6.30. The van der Waals surface area contributed by atoms with Crippen molar-refractivity contribution in [2.75, 3.05) is 37.6 Å². The highest BCUT2D eigenvalue weighted by Crippen LogP contribution is 2.27. The van der Waals surface area contributed by atoms with E-state index in [0.29, 0.717) is 18.1 Å². The molecular formula is C20H23ClN6O. The van der Waals surface area contributed by atoms with Gasteiger partial charge in [0.25, 0.3) is 0 Å². The van der Waals surface area contributed by atoms with E-state index < -0.39 is 0 Å². The number of carbonyl (C=O) groups is 1. The van der Waals surface area contributed by atoms with Crippen molar-refractivity contribution in [2.45, 2.75) is 12.8 Å². The SMILES string of the molecule is Cc1c[nH]c2ncnc(N3CCN(C(=O)C(CN)c4ccc(Cl)cc4)CC3)c12. The molecule has 0 saturated carbocycles. The van der Waals surface area contributed by atoms with Crippen LogP contribution >= 0.6 is 11.6 Å². The lowest BCUT2D eigenvalue weighted by Gasteiger charge is -2.37. The summed E-state index contributed by atoms with van der Waals surface area (Å²) in [6.45, 7) is 5.04. The molecule has 4 rings (SSSR count). The monoisotopic (exact) mass is 398 g/mol. The van der Waals surface area contributed by atoms with Crippen molar-refractivity contribution < 1.29 is 4.79 Å². The second-order valence-corrected chi connectivity index (χ2v) is 7.48. The molecule has 1 fully saturated rings. The first-order valence-electron chi connectivity index (χ1n) is 9.36. The maximum atomic E-state index is 13.0. The maximum Gasteiger partial charge on any atom is 0.231 e. The number of aromatic nitrogens is 3. The van der Waals surface area contributed by atoms with Crippen LogP contribution in [-0.2, 0) is 4.79 Å². The molecule has 3 N–H and O–H groups in total. The molecule has 3 aromatic rings. The average molecular weight is 399 g/mol. The topological polar surface area (TPSA) is 91.1 Å². The highest BCUT2D eigenvalue weighted by atomic mass is 35.5. The van der Waals surface area contributed by atoms with Crippen molar-refractivity contribution in [2.24, 2.45) is 5.73 Å². The third kappa shape index (κ3) is 3.43. The Balaban J connectivity index is 1.48. The average Bonchev–Trinajstić information content (AvgIpc) is 3.11. The molecule has 7 nitrogen and oxygen atoms in total. The van der Waals surface area contributed by atoms with Gasteiger partial charge in [-0.25, -0.2) is 9.97 Å². The molecule has 1 amide bonds. The second kappa shape index (κ2) is 7.77. The van der Waals surface area contributed by atoms with Crippen LogP contribution in [0.3, 0.4) is 0 Å². The van der Waals surface area contributed by atoms with E-state index in [1.54, 1.807) is 18.5 Å². The number of hydrogen-bond acceptors (Lipinski definition) is 5. The molecular weight excluding hydrogens is 376 g/mol. The number of fused-ring (bicyclic) bond motifs is 1. The molecule has 1 aliphatic rings. The van der Waals surface area contributed by atoms with Gasteiger partial charge in [-0.15, -0.1) is 0 Å². The van der Waals surface area contributed by atoms with Gasteiger partial charge >= 0.3 is 0 Å². The Hall–Kier alpha value is -2.64. The maximum absolute atomic E-state index is 13.0. The number of nitrogens with zero attached hydrogens (tertiary/aromatic N) is 4. The van der Waals surface area contributed by atoms with Crippen LogP contribution in [0.1, 0.15) is 17.0 Å². The van der Waals surface area contributed by atoms with Crippen LogP contribution in [0.15, 0.2) is 36.8 Å². The largest absolute Gasteiger partial charge is 0.352 e. The zero-order valence-corrected chi connectivity index (χ0v) is 16.5. The number of nitrogens with one attached hydrogen (secondary N) is 1. The summed E-state index contributed by atoms with van der Waals surface area (Å²) in [6.07, 6.45) is 3.52. The number of anilines is 1. The lowest BCUT2D eigenvalue weighted by atomic mass is 9.97. The van der Waals surface area contributed by atoms with Gasteiger partial charge in [-0.2, -0.15) is 0 Å². The molecule has 0 bridgehead atoms. The molecule has 8 heteroatoms. The van der Waals surface area contributed by atoms with Crippen molar-refractivity contribution in [3.63, 3.8) is 0 Å². The van der Waals surface area contributed by atoms with E-state index in [-0.39, 0.29) is 18.4 Å². The fraction of sp³-hybridized carbons (Fsp3) is 0.350. The molecule has 1 aromatic carbocycles. The number of aryl methyl sites for hydroxylation is 1. The van der Waals surface area contributed by atoms with Gasteiger partial charge in [0.2, 0.25) is 5.91 Å². The zero-order chi connectivity index (χ0) is 19.7. The summed E-state index contributed by atoms with van der Waals surface area (Å²) in [6, 6.07) is 7.34. The molecule has 1 atom stereocenters. The Bertz CT molecular complexity index is 978. The lowest BCUT2D eigenvalue weighted by molar-refractivity contribution is -0.132. The van der Waals surface area contributed by atoms with Crippen molar-refractivity contribution >= 4 is 34.4 Å². The minimum Gasteiger partial charge on any atom is -0.352 e. The number of aromatic amines is 1. The molecule has 28 heavy (non-hydrogen) atoms. The number of carbonyl (C=O) groups excluding carboxylic acids is 1. The molecule has 0 radical (unpaired) electrons. The van der Waals surface area contributed by atoms with Crippen LogP contribution in [0, 0.1) is 6.92 Å². The summed E-state index contributed by atoms with van der Waals surface area (Å²) in [5.74, 6) is 0.639. The summed E-state index contributed by atoms with van der Waals surface area (Å²) in [7, 11) is 0. The number of nitrogens with two attached hydrogens (primary N) is 1. The predicted molar refractivity (Wildman–Crippen MR) is 111 cm³/mol. The van der Waals surface area contributed by atoms with Crippen LogP contribution in [0.5, 0.6) is 0 Å². The Labute approximate surface area is 168 Å². The van der Waals surface area contributed by atoms with E-state index in [1.807, 2.05) is 30.2 Å². The van der Waals surface area contributed by atoms with Crippen molar-refractivity contribution in [3.8, 4) is 0 Å². The van der Waals surface area contributed by atoms with Gasteiger partial charge in [0.05, 0.1) is 11.3 Å². The van der Waals surface area contributed by atoms with Crippen LogP contribution in [0.25, 0.3) is 11.0 Å². The third-order valence-electron chi connectivity index (χ3n) is 5.34. The van der Waals surface area contributed by atoms with Crippen molar-refractivity contribution in [3.05, 3.63) is 52.9 Å². The van der Waals surface area contributed by atoms with E-state index in [0.717, 1.165) is 41.1 Å². The van der Waals surface area contributed by atoms with Crippen LogP contribution < -0.4 is 10.6 Å². The number of rotatable bonds is 4. The fourth-order valence-electron chi connectivity index (χ4n) is 3.77. The predicted octanol–water partition coefficient (Wildman–Crippen LogP) is 2.31. The summed E-state index contributed by atoms with van der Waals surface area (Å²) in [5.41, 5.74) is 8.79. The molecule has 1 unspecified atom stereocenters. The van der Waals surface area contributed by atoms with E-state index in [4.69, 9.17) is 17.3 Å². The van der Waals surface area contributed by atoms with E-state index in [2.05, 4.69) is 19.9 Å². The Morgan fingerprint density at radius 3 is 2.61 bits per heavy atom. The highest BCUT2D eigenvalue weighted by Gasteiger charge is 2.29. The molecule has 3 heterocycles. The first kappa shape index (κ1) is 18.7. The number of amides is 1. The number of halogens is 1. The van der Waals surface area contributed by atoms with E-state index in [9.17, 15) is 4.79 Å². The van der Waals surface area contributed by atoms with Gasteiger partial charge in [-0.1, -0.05) is 23.7 Å². The minimum absolute atomic E-state index is 0.0649. The van der Waals surface area contributed by atoms with Gasteiger partial charge in [-0.05, 0) is 30.2 Å². The summed E-state index contributed by atoms with van der Waals surface area (Å²) in [5, 5.41) is 1.69.